The summed E-state index contributed by atoms with van der Waals surface area (Å²) in [5.74, 6) is 1.24. The van der Waals surface area contributed by atoms with Crippen LogP contribution in [0, 0.1) is 17.8 Å². The summed E-state index contributed by atoms with van der Waals surface area (Å²) in [5.41, 5.74) is 0.991. The first kappa shape index (κ1) is 17.1. The predicted octanol–water partition coefficient (Wildman–Crippen LogP) is 3.03. The van der Waals surface area contributed by atoms with Crippen LogP contribution in [0.5, 0.6) is 0 Å². The minimum absolute atomic E-state index is 0.250. The largest absolute Gasteiger partial charge is 0.445 e. The van der Waals surface area contributed by atoms with Gasteiger partial charge >= 0.3 is 6.09 Å². The van der Waals surface area contributed by atoms with Crippen molar-refractivity contribution in [3.8, 4) is 0 Å². The molecule has 0 aromatic heterocycles. The number of fused-ring (bicyclic) bond motifs is 1. The second kappa shape index (κ2) is 6.67. The van der Waals surface area contributed by atoms with E-state index >= 15 is 0 Å². The maximum absolute atomic E-state index is 12.1. The highest BCUT2D eigenvalue weighted by Gasteiger charge is 2.56. The smallest absolute Gasteiger partial charge is 0.410 e. The number of piperidine rings is 1. The van der Waals surface area contributed by atoms with Crippen LogP contribution in [0.25, 0.3) is 0 Å². The summed E-state index contributed by atoms with van der Waals surface area (Å²) in [7, 11) is -1.20. The minimum atomic E-state index is -1.20. The number of likely N-dealkylation sites (tertiary alicyclic amines) is 1. The van der Waals surface area contributed by atoms with E-state index in [0.29, 0.717) is 37.5 Å². The van der Waals surface area contributed by atoms with Gasteiger partial charge in [0.1, 0.15) is 17.6 Å². The standard InChI is InChI=1S/C18H24N2O3S/c1-18(2,3)24(22)19-9-14-15-10-20(11-16(14)15)17(21)23-12-13-7-5-4-6-8-13/h4-9,14-16H,10-12H2,1-3H3/b19-9+/t14?,15-,16+,24?. The van der Waals surface area contributed by atoms with Crippen molar-refractivity contribution in [3.05, 3.63) is 35.9 Å². The van der Waals surface area contributed by atoms with Gasteiger partial charge in [-0.3, -0.25) is 0 Å². The summed E-state index contributed by atoms with van der Waals surface area (Å²) in [6.45, 7) is 7.46. The van der Waals surface area contributed by atoms with Crippen LogP contribution >= 0.6 is 0 Å². The van der Waals surface area contributed by atoms with Gasteiger partial charge in [0.15, 0.2) is 0 Å². The molecule has 1 amide bonds. The first-order chi connectivity index (χ1) is 11.4. The number of ether oxygens (including phenoxy) is 1. The highest BCUT2D eigenvalue weighted by atomic mass is 32.2. The van der Waals surface area contributed by atoms with Crippen LogP contribution in [0.4, 0.5) is 4.79 Å². The van der Waals surface area contributed by atoms with Gasteiger partial charge in [0.05, 0.1) is 4.75 Å². The molecule has 5 nitrogen and oxygen atoms in total. The third-order valence-electron chi connectivity index (χ3n) is 4.58. The van der Waals surface area contributed by atoms with Gasteiger partial charge in [-0.05, 0) is 38.2 Å². The van der Waals surface area contributed by atoms with E-state index in [2.05, 4.69) is 4.40 Å². The van der Waals surface area contributed by atoms with Crippen LogP contribution < -0.4 is 0 Å². The number of carbonyl (C=O) groups excluding carboxylic acids is 1. The number of benzene rings is 1. The number of amides is 1. The normalized spacial score (nSPS) is 27.1. The molecule has 0 bridgehead atoms. The van der Waals surface area contributed by atoms with Gasteiger partial charge in [0.25, 0.3) is 0 Å². The predicted molar refractivity (Wildman–Crippen MR) is 95.1 cm³/mol. The number of hydrogen-bond donors (Lipinski definition) is 0. The van der Waals surface area contributed by atoms with E-state index in [-0.39, 0.29) is 10.8 Å². The van der Waals surface area contributed by atoms with Crippen LogP contribution in [0.1, 0.15) is 26.3 Å². The molecular weight excluding hydrogens is 324 g/mol. The molecule has 2 fully saturated rings. The lowest BCUT2D eigenvalue weighted by Crippen LogP contribution is -2.32. The maximum atomic E-state index is 12.1. The van der Waals surface area contributed by atoms with Gasteiger partial charge in [0.2, 0.25) is 0 Å². The Morgan fingerprint density at radius 2 is 1.92 bits per heavy atom. The van der Waals surface area contributed by atoms with E-state index in [1.165, 1.54) is 0 Å². The Hall–Kier alpha value is -1.69. The molecule has 1 saturated heterocycles. The van der Waals surface area contributed by atoms with Crippen LogP contribution in [0.15, 0.2) is 34.7 Å². The van der Waals surface area contributed by atoms with E-state index in [0.717, 1.165) is 5.56 Å². The Morgan fingerprint density at radius 1 is 1.29 bits per heavy atom. The molecule has 3 rings (SSSR count). The molecule has 1 heterocycles. The van der Waals surface area contributed by atoms with Gasteiger partial charge in [-0.2, -0.15) is 4.40 Å². The lowest BCUT2D eigenvalue weighted by molar-refractivity contribution is 0.0997. The fourth-order valence-electron chi connectivity index (χ4n) is 3.04. The van der Waals surface area contributed by atoms with Crippen molar-refractivity contribution in [2.45, 2.75) is 32.1 Å². The SMILES string of the molecule is CC(C)(C)S(=O)/N=C/C1[C@H]2CN(C(=O)OCc3ccccc3)C[C@@H]12. The van der Waals surface area contributed by atoms with Crippen molar-refractivity contribution in [1.29, 1.82) is 0 Å². The highest BCUT2D eigenvalue weighted by molar-refractivity contribution is 7.85. The molecule has 1 saturated carbocycles. The first-order valence-electron chi connectivity index (χ1n) is 8.28. The van der Waals surface area contributed by atoms with Crippen LogP contribution in [0.2, 0.25) is 0 Å². The van der Waals surface area contributed by atoms with Crippen molar-refractivity contribution in [2.75, 3.05) is 13.1 Å². The van der Waals surface area contributed by atoms with Crippen LogP contribution in [0.3, 0.4) is 0 Å². The Labute approximate surface area is 145 Å². The molecule has 1 aliphatic carbocycles. The van der Waals surface area contributed by atoms with Crippen LogP contribution in [-0.2, 0) is 22.3 Å². The molecule has 2 aliphatic rings. The highest BCUT2D eigenvalue weighted by Crippen LogP contribution is 2.50. The molecule has 1 aliphatic heterocycles. The van der Waals surface area contributed by atoms with Gasteiger partial charge in [0, 0.05) is 25.2 Å². The number of nitrogens with zero attached hydrogens (tertiary/aromatic N) is 2. The molecule has 130 valence electrons. The maximum Gasteiger partial charge on any atom is 0.410 e. The molecule has 6 heteroatoms. The molecule has 24 heavy (non-hydrogen) atoms. The Balaban J connectivity index is 1.43. The topological polar surface area (TPSA) is 59.0 Å². The summed E-state index contributed by atoms with van der Waals surface area (Å²) in [6.07, 6.45) is 1.59. The third-order valence-corrected chi connectivity index (χ3v) is 5.94. The Kier molecular flexibility index (Phi) is 4.76. The van der Waals surface area contributed by atoms with Crippen molar-refractivity contribution >= 4 is 23.3 Å². The summed E-state index contributed by atoms with van der Waals surface area (Å²) < 4.78 is 21.2. The molecule has 1 aromatic rings. The van der Waals surface area contributed by atoms with Gasteiger partial charge < -0.3 is 9.64 Å². The fraction of sp³-hybridized carbons (Fsp3) is 0.556. The summed E-state index contributed by atoms with van der Waals surface area (Å²) in [4.78, 5) is 13.9. The van der Waals surface area contributed by atoms with Crippen LogP contribution in [-0.4, -0.2) is 39.3 Å². The molecule has 4 atom stereocenters. The summed E-state index contributed by atoms with van der Waals surface area (Å²) in [5, 5.41) is 0. The lowest BCUT2D eigenvalue weighted by Gasteiger charge is -2.18. The zero-order valence-corrected chi connectivity index (χ0v) is 15.2. The number of hydrogen-bond acceptors (Lipinski definition) is 3. The van der Waals surface area contributed by atoms with Gasteiger partial charge in [-0.15, -0.1) is 0 Å². The van der Waals surface area contributed by atoms with Crippen molar-refractivity contribution in [1.82, 2.24) is 4.90 Å². The van der Waals surface area contributed by atoms with E-state index in [4.69, 9.17) is 4.74 Å². The summed E-state index contributed by atoms with van der Waals surface area (Å²) in [6, 6.07) is 9.68. The minimum Gasteiger partial charge on any atom is -0.445 e. The third kappa shape index (κ3) is 3.86. The first-order valence-corrected chi connectivity index (χ1v) is 9.39. The molecule has 0 radical (unpaired) electrons. The quantitative estimate of drug-likeness (QED) is 0.786. The molecular formula is C18H24N2O3S. The van der Waals surface area contributed by atoms with Gasteiger partial charge in [-0.25, -0.2) is 9.00 Å². The molecule has 0 N–H and O–H groups in total. The second-order valence-electron chi connectivity index (χ2n) is 7.47. The molecule has 2 unspecified atom stereocenters. The Bertz CT molecular complexity index is 642. The average Bonchev–Trinajstić information content (AvgIpc) is 3.00. The monoisotopic (exact) mass is 348 g/mol. The fourth-order valence-corrected chi connectivity index (χ4v) is 3.60. The van der Waals surface area contributed by atoms with E-state index in [9.17, 15) is 9.00 Å². The zero-order valence-electron chi connectivity index (χ0n) is 14.3. The molecule has 0 spiro atoms. The zero-order chi connectivity index (χ0) is 17.3. The summed E-state index contributed by atoms with van der Waals surface area (Å²) >= 11 is 0. The van der Waals surface area contributed by atoms with E-state index in [1.807, 2.05) is 57.3 Å². The average molecular weight is 348 g/mol. The van der Waals surface area contributed by atoms with E-state index < -0.39 is 11.0 Å². The lowest BCUT2D eigenvalue weighted by atomic mass is 10.2. The van der Waals surface area contributed by atoms with Crippen molar-refractivity contribution in [2.24, 2.45) is 22.2 Å². The number of rotatable bonds is 4. The second-order valence-corrected chi connectivity index (χ2v) is 9.40. The molecule has 1 aromatic carbocycles. The Morgan fingerprint density at radius 3 is 2.50 bits per heavy atom. The van der Waals surface area contributed by atoms with E-state index in [1.54, 1.807) is 4.90 Å². The number of carbonyl (C=O) groups is 1. The van der Waals surface area contributed by atoms with Gasteiger partial charge in [-0.1, -0.05) is 30.3 Å². The van der Waals surface area contributed by atoms with Crippen molar-refractivity contribution in [3.63, 3.8) is 0 Å². The van der Waals surface area contributed by atoms with Crippen molar-refractivity contribution < 1.29 is 13.7 Å².